The zero-order valence-electron chi connectivity index (χ0n) is 19.3. The van der Waals surface area contributed by atoms with Gasteiger partial charge >= 0.3 is 0 Å². The highest BCUT2D eigenvalue weighted by Crippen LogP contribution is 2.33. The van der Waals surface area contributed by atoms with Crippen molar-refractivity contribution in [3.63, 3.8) is 0 Å². The third-order valence-electron chi connectivity index (χ3n) is 4.90. The fourth-order valence-electron chi connectivity index (χ4n) is 3.55. The first kappa shape index (κ1) is 23.9. The zero-order chi connectivity index (χ0) is 22.3. The maximum Gasteiger partial charge on any atom is 0.229 e. The highest BCUT2D eigenvalue weighted by molar-refractivity contribution is 5.94. The topological polar surface area (TPSA) is 72.6 Å². The summed E-state index contributed by atoms with van der Waals surface area (Å²) >= 11 is 0. The number of carbonyl (C=O) groups is 2. The summed E-state index contributed by atoms with van der Waals surface area (Å²) in [6, 6.07) is 4.01. The molecule has 0 bridgehead atoms. The summed E-state index contributed by atoms with van der Waals surface area (Å²) in [5.41, 5.74) is 2.94. The van der Waals surface area contributed by atoms with Crippen LogP contribution < -0.4 is 4.74 Å². The zero-order valence-corrected chi connectivity index (χ0v) is 19.3. The van der Waals surface area contributed by atoms with E-state index >= 15 is 0 Å². The van der Waals surface area contributed by atoms with Crippen molar-refractivity contribution in [3.05, 3.63) is 23.4 Å². The van der Waals surface area contributed by atoms with Crippen molar-refractivity contribution in [3.8, 4) is 5.75 Å². The standard InChI is InChI=1S/C24H36N2O4/c1-7-10-19-21(29-15-9-14-26(17(3)27)22(28)11-8-2)13-12-18-20(16-24(4,5)6)25-30-23(18)19/h12-13H,7-11,14-16H2,1-6H3. The van der Waals surface area contributed by atoms with Crippen LogP contribution in [0.4, 0.5) is 0 Å². The second kappa shape index (κ2) is 10.6. The van der Waals surface area contributed by atoms with Gasteiger partial charge in [0, 0.05) is 30.8 Å². The molecule has 0 fully saturated rings. The molecule has 0 N–H and O–H groups in total. The van der Waals surface area contributed by atoms with E-state index < -0.39 is 0 Å². The largest absolute Gasteiger partial charge is 0.493 e. The van der Waals surface area contributed by atoms with E-state index in [1.54, 1.807) is 0 Å². The monoisotopic (exact) mass is 416 g/mol. The summed E-state index contributed by atoms with van der Waals surface area (Å²) in [5, 5.41) is 5.38. The van der Waals surface area contributed by atoms with Crippen LogP contribution in [0.1, 0.15) is 78.5 Å². The minimum atomic E-state index is -0.213. The van der Waals surface area contributed by atoms with Gasteiger partial charge < -0.3 is 9.26 Å². The number of hydrogen-bond acceptors (Lipinski definition) is 5. The molecule has 6 nitrogen and oxygen atoms in total. The van der Waals surface area contributed by atoms with E-state index in [1.807, 2.05) is 19.1 Å². The fourth-order valence-corrected chi connectivity index (χ4v) is 3.55. The Balaban J connectivity index is 2.11. The number of hydrogen-bond donors (Lipinski definition) is 0. The molecule has 2 aromatic rings. The first-order chi connectivity index (χ1) is 14.2. The molecule has 0 aliphatic carbocycles. The van der Waals surface area contributed by atoms with Crippen LogP contribution in [0, 0.1) is 5.41 Å². The van der Waals surface area contributed by atoms with Crippen LogP contribution in [-0.2, 0) is 22.4 Å². The number of benzene rings is 1. The van der Waals surface area contributed by atoms with Gasteiger partial charge in [0.1, 0.15) is 5.75 Å². The van der Waals surface area contributed by atoms with Crippen LogP contribution in [-0.4, -0.2) is 35.0 Å². The fraction of sp³-hybridized carbons (Fsp3) is 0.625. The Morgan fingerprint density at radius 3 is 2.50 bits per heavy atom. The molecule has 2 rings (SSSR count). The first-order valence-electron chi connectivity index (χ1n) is 11.0. The molecular formula is C24H36N2O4. The van der Waals surface area contributed by atoms with Crippen LogP contribution in [0.5, 0.6) is 5.75 Å². The van der Waals surface area contributed by atoms with Gasteiger partial charge in [0.05, 0.1) is 12.3 Å². The van der Waals surface area contributed by atoms with Gasteiger partial charge in [-0.25, -0.2) is 0 Å². The molecule has 1 heterocycles. The van der Waals surface area contributed by atoms with Crippen molar-refractivity contribution in [1.82, 2.24) is 10.1 Å². The lowest BCUT2D eigenvalue weighted by molar-refractivity contribution is -0.143. The molecule has 2 amide bonds. The minimum absolute atomic E-state index is 0.119. The molecule has 1 aromatic carbocycles. The average molecular weight is 417 g/mol. The molecule has 166 valence electrons. The number of rotatable bonds is 10. The second-order valence-corrected chi connectivity index (χ2v) is 9.05. The number of aryl methyl sites for hydroxylation is 1. The number of aromatic nitrogens is 1. The Morgan fingerprint density at radius 2 is 1.90 bits per heavy atom. The van der Waals surface area contributed by atoms with Gasteiger partial charge in [0.15, 0.2) is 5.58 Å². The van der Waals surface area contributed by atoms with Crippen LogP contribution in [0.25, 0.3) is 11.0 Å². The maximum atomic E-state index is 12.1. The minimum Gasteiger partial charge on any atom is -0.493 e. The summed E-state index contributed by atoms with van der Waals surface area (Å²) in [7, 11) is 0. The Bertz CT molecular complexity index is 864. The lowest BCUT2D eigenvalue weighted by Crippen LogP contribution is -2.36. The number of nitrogens with zero attached hydrogens (tertiary/aromatic N) is 2. The lowest BCUT2D eigenvalue weighted by atomic mass is 9.89. The quantitative estimate of drug-likeness (QED) is 0.491. The number of amides is 2. The third kappa shape index (κ3) is 6.31. The normalized spacial score (nSPS) is 11.7. The maximum absolute atomic E-state index is 12.1. The molecule has 0 saturated carbocycles. The Kier molecular flexibility index (Phi) is 8.44. The van der Waals surface area contributed by atoms with Crippen molar-refractivity contribution in [2.75, 3.05) is 13.2 Å². The lowest BCUT2D eigenvalue weighted by Gasteiger charge is -2.19. The van der Waals surface area contributed by atoms with E-state index in [4.69, 9.17) is 9.26 Å². The summed E-state index contributed by atoms with van der Waals surface area (Å²) in [6.07, 6.45) is 4.36. The average Bonchev–Trinajstić information content (AvgIpc) is 3.04. The SMILES string of the molecule is CCCC(=O)N(CCCOc1ccc2c(CC(C)(C)C)noc2c1CCC)C(C)=O. The van der Waals surface area contributed by atoms with Gasteiger partial charge in [-0.15, -0.1) is 0 Å². The number of imide groups is 1. The molecule has 30 heavy (non-hydrogen) atoms. The Hall–Kier alpha value is -2.37. The highest BCUT2D eigenvalue weighted by atomic mass is 16.5. The predicted molar refractivity (Wildman–Crippen MR) is 119 cm³/mol. The van der Waals surface area contributed by atoms with Crippen LogP contribution in [0.15, 0.2) is 16.7 Å². The van der Waals surface area contributed by atoms with Crippen LogP contribution >= 0.6 is 0 Å². The molecule has 0 radical (unpaired) electrons. The van der Waals surface area contributed by atoms with Gasteiger partial charge in [-0.3, -0.25) is 14.5 Å². The molecule has 1 aromatic heterocycles. The summed E-state index contributed by atoms with van der Waals surface area (Å²) in [4.78, 5) is 25.2. The molecule has 0 aliphatic rings. The van der Waals surface area contributed by atoms with Gasteiger partial charge in [-0.05, 0) is 43.2 Å². The molecule has 0 aliphatic heterocycles. The summed E-state index contributed by atoms with van der Waals surface area (Å²) in [6.45, 7) is 12.8. The highest BCUT2D eigenvalue weighted by Gasteiger charge is 2.21. The van der Waals surface area contributed by atoms with Crippen LogP contribution in [0.3, 0.4) is 0 Å². The smallest absolute Gasteiger partial charge is 0.229 e. The van der Waals surface area contributed by atoms with E-state index in [2.05, 4.69) is 32.9 Å². The van der Waals surface area contributed by atoms with Crippen molar-refractivity contribution in [2.24, 2.45) is 5.41 Å². The van der Waals surface area contributed by atoms with Crippen molar-refractivity contribution in [2.45, 2.75) is 80.1 Å². The van der Waals surface area contributed by atoms with Gasteiger partial charge in [-0.1, -0.05) is 46.2 Å². The van der Waals surface area contributed by atoms with Crippen LogP contribution in [0.2, 0.25) is 0 Å². The van der Waals surface area contributed by atoms with Gasteiger partial charge in [-0.2, -0.15) is 0 Å². The molecule has 6 heteroatoms. The van der Waals surface area contributed by atoms with Crippen molar-refractivity contribution >= 4 is 22.8 Å². The number of fused-ring (bicyclic) bond motifs is 1. The number of ether oxygens (including phenoxy) is 1. The van der Waals surface area contributed by atoms with Gasteiger partial charge in [0.2, 0.25) is 11.8 Å². The molecule has 0 spiro atoms. The number of carbonyl (C=O) groups excluding carboxylic acids is 2. The van der Waals surface area contributed by atoms with E-state index in [-0.39, 0.29) is 17.2 Å². The molecule has 0 unspecified atom stereocenters. The molecule has 0 saturated heterocycles. The Morgan fingerprint density at radius 1 is 1.17 bits per heavy atom. The third-order valence-corrected chi connectivity index (χ3v) is 4.90. The van der Waals surface area contributed by atoms with Crippen molar-refractivity contribution < 1.29 is 18.8 Å². The van der Waals surface area contributed by atoms with E-state index in [0.29, 0.717) is 26.0 Å². The summed E-state index contributed by atoms with van der Waals surface area (Å²) < 4.78 is 11.8. The summed E-state index contributed by atoms with van der Waals surface area (Å²) in [5.74, 6) is 0.456. The molecular weight excluding hydrogens is 380 g/mol. The second-order valence-electron chi connectivity index (χ2n) is 9.05. The molecule has 0 atom stereocenters. The Labute approximate surface area is 179 Å². The predicted octanol–water partition coefficient (Wildman–Crippen LogP) is 5.31. The van der Waals surface area contributed by atoms with E-state index in [0.717, 1.165) is 53.7 Å². The van der Waals surface area contributed by atoms with E-state index in [9.17, 15) is 9.59 Å². The first-order valence-corrected chi connectivity index (χ1v) is 11.0. The van der Waals surface area contributed by atoms with E-state index in [1.165, 1.54) is 11.8 Å². The van der Waals surface area contributed by atoms with Crippen molar-refractivity contribution in [1.29, 1.82) is 0 Å². The van der Waals surface area contributed by atoms with Gasteiger partial charge in [0.25, 0.3) is 0 Å².